The number of benzene rings is 2. The van der Waals surface area contributed by atoms with E-state index in [0.717, 1.165) is 50.5 Å². The van der Waals surface area contributed by atoms with Crippen molar-refractivity contribution in [3.05, 3.63) is 83.4 Å². The molecule has 212 valence electrons. The van der Waals surface area contributed by atoms with Gasteiger partial charge in [0.2, 0.25) is 5.91 Å². The molecule has 3 saturated carbocycles. The van der Waals surface area contributed by atoms with Gasteiger partial charge in [-0.15, -0.1) is 0 Å². The molecule has 1 heterocycles. The summed E-state index contributed by atoms with van der Waals surface area (Å²) in [6.07, 6.45) is 10.8. The smallest absolute Gasteiger partial charge is 0.407 e. The molecule has 0 saturated heterocycles. The Morgan fingerprint density at radius 1 is 1.00 bits per heavy atom. The van der Waals surface area contributed by atoms with E-state index in [9.17, 15) is 9.59 Å². The van der Waals surface area contributed by atoms with Crippen LogP contribution in [0.4, 0.5) is 4.79 Å². The summed E-state index contributed by atoms with van der Waals surface area (Å²) in [5, 5.41) is 3.24. The van der Waals surface area contributed by atoms with Crippen molar-refractivity contribution in [3.8, 4) is 0 Å². The maximum Gasteiger partial charge on any atom is 0.407 e. The first kappa shape index (κ1) is 27.1. The van der Waals surface area contributed by atoms with Gasteiger partial charge in [0.15, 0.2) is 0 Å². The lowest BCUT2D eigenvalue weighted by Crippen LogP contribution is -2.60. The molecule has 2 aromatic rings. The third kappa shape index (κ3) is 4.65. The number of hydrogen-bond acceptors (Lipinski definition) is 3. The van der Waals surface area contributed by atoms with E-state index < -0.39 is 0 Å². The van der Waals surface area contributed by atoms with Crippen LogP contribution >= 0.6 is 0 Å². The fraction of sp³-hybridized carbons (Fsp3) is 0.543. The number of nitrogens with zero attached hydrogens (tertiary/aromatic N) is 1. The maximum atomic E-state index is 13.5. The summed E-state index contributed by atoms with van der Waals surface area (Å²) in [5.41, 5.74) is 3.54. The van der Waals surface area contributed by atoms with E-state index in [2.05, 4.69) is 68.6 Å². The normalized spacial score (nSPS) is 35.4. The summed E-state index contributed by atoms with van der Waals surface area (Å²) in [6, 6.07) is 18.9. The summed E-state index contributed by atoms with van der Waals surface area (Å²) in [4.78, 5) is 27.8. The molecule has 3 fully saturated rings. The molecule has 5 heteroatoms. The van der Waals surface area contributed by atoms with Crippen molar-refractivity contribution in [1.82, 2.24) is 10.2 Å². The molecule has 1 N–H and O–H groups in total. The van der Waals surface area contributed by atoms with E-state index in [-0.39, 0.29) is 35.0 Å². The van der Waals surface area contributed by atoms with Crippen molar-refractivity contribution >= 4 is 12.0 Å². The molecule has 5 nitrogen and oxygen atoms in total. The molecule has 2 aromatic carbocycles. The van der Waals surface area contributed by atoms with Gasteiger partial charge < -0.3 is 15.0 Å². The van der Waals surface area contributed by atoms with Gasteiger partial charge in [-0.25, -0.2) is 4.79 Å². The lowest BCUT2D eigenvalue weighted by atomic mass is 9.48. The van der Waals surface area contributed by atoms with E-state index in [1.807, 2.05) is 30.1 Å². The SMILES string of the molecule is Cc1ccc(CC(NC(=O)O[C@H]2CC[C@H]3[C@@H]4CC[C@H]5N(C)C(=O)C=C[C@]5(C)[C@H]4CC[C@]23C)c2ccccc2)cc1. The Morgan fingerprint density at radius 3 is 2.50 bits per heavy atom. The molecular formula is C35H44N2O3. The predicted octanol–water partition coefficient (Wildman–Crippen LogP) is 7.01. The predicted molar refractivity (Wildman–Crippen MR) is 158 cm³/mol. The number of likely N-dealkylation sites (N-methyl/N-ethyl adjacent to an activating group) is 1. The highest BCUT2D eigenvalue weighted by molar-refractivity contribution is 5.89. The Kier molecular flexibility index (Phi) is 7.04. The molecule has 0 aromatic heterocycles. The standard InChI is InChI=1S/C35H44N2O3/c1-23-10-12-24(13-11-23)22-29(25-8-6-5-7-9-25)36-33(39)40-31-17-15-27-26-14-16-30-34(2,21-19-32(38)37(30)4)28(26)18-20-35(27,31)3/h5-13,19,21,26-31H,14-18,20,22H2,1-4H3,(H,36,39)/t26-,27-,28-,29?,30+,31-,34+,35-/m0/s1. The van der Waals surface area contributed by atoms with Crippen LogP contribution in [0.5, 0.6) is 0 Å². The Bertz CT molecular complexity index is 1270. The summed E-state index contributed by atoms with van der Waals surface area (Å²) in [6.45, 7) is 6.85. The van der Waals surface area contributed by atoms with Crippen molar-refractivity contribution in [2.24, 2.45) is 28.6 Å². The monoisotopic (exact) mass is 540 g/mol. The minimum Gasteiger partial charge on any atom is -0.446 e. The van der Waals surface area contributed by atoms with Crippen molar-refractivity contribution in [2.75, 3.05) is 7.05 Å². The van der Waals surface area contributed by atoms with Gasteiger partial charge in [0, 0.05) is 23.9 Å². The molecule has 0 bridgehead atoms. The molecule has 3 aliphatic carbocycles. The van der Waals surface area contributed by atoms with Crippen molar-refractivity contribution in [1.29, 1.82) is 0 Å². The quantitative estimate of drug-likeness (QED) is 0.444. The van der Waals surface area contributed by atoms with Crippen LogP contribution in [0.2, 0.25) is 0 Å². The second-order valence-corrected chi connectivity index (χ2v) is 13.4. The Labute approximate surface area is 239 Å². The third-order valence-electron chi connectivity index (χ3n) is 11.3. The number of amides is 2. The molecule has 4 aliphatic rings. The average Bonchev–Trinajstić information content (AvgIpc) is 3.28. The van der Waals surface area contributed by atoms with Crippen LogP contribution in [0.1, 0.15) is 75.1 Å². The zero-order valence-electron chi connectivity index (χ0n) is 24.4. The van der Waals surface area contributed by atoms with E-state index >= 15 is 0 Å². The van der Waals surface area contributed by atoms with Crippen LogP contribution in [-0.4, -0.2) is 36.1 Å². The minimum atomic E-state index is -0.305. The zero-order valence-corrected chi connectivity index (χ0v) is 24.4. The highest BCUT2D eigenvalue weighted by Crippen LogP contribution is 2.64. The summed E-state index contributed by atoms with van der Waals surface area (Å²) in [5.74, 6) is 1.87. The van der Waals surface area contributed by atoms with Gasteiger partial charge >= 0.3 is 6.09 Å². The van der Waals surface area contributed by atoms with Crippen molar-refractivity contribution in [3.63, 3.8) is 0 Å². The van der Waals surface area contributed by atoms with Crippen LogP contribution in [-0.2, 0) is 16.0 Å². The summed E-state index contributed by atoms with van der Waals surface area (Å²) < 4.78 is 6.32. The Hall–Kier alpha value is -3.08. The first-order valence-corrected chi connectivity index (χ1v) is 15.2. The molecule has 6 rings (SSSR count). The Morgan fingerprint density at radius 2 is 1.75 bits per heavy atom. The number of aryl methyl sites for hydroxylation is 1. The number of carbonyl (C=O) groups excluding carboxylic acids is 2. The molecule has 40 heavy (non-hydrogen) atoms. The van der Waals surface area contributed by atoms with E-state index in [4.69, 9.17) is 4.74 Å². The van der Waals surface area contributed by atoms with Gasteiger partial charge in [0.1, 0.15) is 6.10 Å². The van der Waals surface area contributed by atoms with Gasteiger partial charge in [-0.2, -0.15) is 0 Å². The molecule has 0 spiro atoms. The summed E-state index contributed by atoms with van der Waals surface area (Å²) >= 11 is 0. The molecule has 0 radical (unpaired) electrons. The fourth-order valence-corrected chi connectivity index (χ4v) is 9.09. The number of hydrogen-bond donors (Lipinski definition) is 1. The summed E-state index contributed by atoms with van der Waals surface area (Å²) in [7, 11) is 1.97. The van der Waals surface area contributed by atoms with Crippen LogP contribution in [0.3, 0.4) is 0 Å². The second-order valence-electron chi connectivity index (χ2n) is 13.4. The number of nitrogens with one attached hydrogen (secondary N) is 1. The number of rotatable bonds is 5. The molecule has 2 amide bonds. The molecular weight excluding hydrogens is 496 g/mol. The lowest BCUT2D eigenvalue weighted by molar-refractivity contribution is -0.140. The van der Waals surface area contributed by atoms with Crippen LogP contribution in [0, 0.1) is 35.5 Å². The molecule has 1 aliphatic heterocycles. The number of carbonyl (C=O) groups is 2. The van der Waals surface area contributed by atoms with Crippen LogP contribution in [0.25, 0.3) is 0 Å². The van der Waals surface area contributed by atoms with Gasteiger partial charge in [-0.1, -0.05) is 80.1 Å². The first-order chi connectivity index (χ1) is 19.2. The third-order valence-corrected chi connectivity index (χ3v) is 11.3. The van der Waals surface area contributed by atoms with Crippen molar-refractivity contribution < 1.29 is 14.3 Å². The van der Waals surface area contributed by atoms with E-state index in [1.54, 1.807) is 6.08 Å². The average molecular weight is 541 g/mol. The Balaban J connectivity index is 1.16. The van der Waals surface area contributed by atoms with Gasteiger partial charge in [-0.3, -0.25) is 4.79 Å². The lowest BCUT2D eigenvalue weighted by Gasteiger charge is -2.60. The van der Waals surface area contributed by atoms with E-state index in [1.165, 1.54) is 11.1 Å². The van der Waals surface area contributed by atoms with Gasteiger partial charge in [0.05, 0.1) is 6.04 Å². The van der Waals surface area contributed by atoms with E-state index in [0.29, 0.717) is 23.8 Å². The fourth-order valence-electron chi connectivity index (χ4n) is 9.09. The van der Waals surface area contributed by atoms with Gasteiger partial charge in [-0.05, 0) is 86.8 Å². The number of fused-ring (bicyclic) bond motifs is 5. The number of ether oxygens (including phenoxy) is 1. The molecule has 8 atom stereocenters. The first-order valence-electron chi connectivity index (χ1n) is 15.2. The minimum absolute atomic E-state index is 0.000998. The van der Waals surface area contributed by atoms with Crippen molar-refractivity contribution in [2.45, 2.75) is 83.9 Å². The largest absolute Gasteiger partial charge is 0.446 e. The topological polar surface area (TPSA) is 58.6 Å². The number of alkyl carbamates (subject to hydrolysis) is 1. The van der Waals surface area contributed by atoms with Gasteiger partial charge in [0.25, 0.3) is 0 Å². The zero-order chi connectivity index (χ0) is 28.1. The second kappa shape index (κ2) is 10.4. The highest BCUT2D eigenvalue weighted by atomic mass is 16.6. The highest BCUT2D eigenvalue weighted by Gasteiger charge is 2.61. The van der Waals surface area contributed by atoms with Crippen LogP contribution in [0.15, 0.2) is 66.7 Å². The van der Waals surface area contributed by atoms with Crippen LogP contribution < -0.4 is 5.32 Å². The molecule has 1 unspecified atom stereocenters. The maximum absolute atomic E-state index is 13.5.